The molecule has 0 unspecified atom stereocenters. The molecule has 0 saturated heterocycles. The van der Waals surface area contributed by atoms with Gasteiger partial charge in [-0.25, -0.2) is 0 Å². The summed E-state index contributed by atoms with van der Waals surface area (Å²) in [5.74, 6) is 0. The van der Waals surface area contributed by atoms with Gasteiger partial charge in [0.2, 0.25) is 0 Å². The van der Waals surface area contributed by atoms with Gasteiger partial charge >= 0.3 is 0 Å². The van der Waals surface area contributed by atoms with Gasteiger partial charge in [-0.2, -0.15) is 0 Å². The Morgan fingerprint density at radius 1 is 0.208 bits per heavy atom. The Labute approximate surface area is 611 Å². The van der Waals surface area contributed by atoms with Gasteiger partial charge < -0.3 is 27.6 Å². The summed E-state index contributed by atoms with van der Waals surface area (Å²) < 4.78 is 22.6. The number of aromatic nitrogens is 1. The molecule has 106 heavy (non-hydrogen) atoms. The van der Waals surface area contributed by atoms with Crippen molar-refractivity contribution in [3.8, 4) is 72.4 Å². The van der Waals surface area contributed by atoms with Crippen LogP contribution in [0, 0.1) is 0 Å². The fourth-order valence-corrected chi connectivity index (χ4v) is 16.4. The van der Waals surface area contributed by atoms with Crippen LogP contribution in [0.4, 0.5) is 34.1 Å². The second-order valence-corrected chi connectivity index (χ2v) is 27.4. The molecule has 0 amide bonds. The minimum absolute atomic E-state index is 0.795. The van der Waals surface area contributed by atoms with E-state index in [0.717, 1.165) is 178 Å². The Morgan fingerprint density at radius 3 is 1.19 bits per heavy atom. The molecule has 17 aromatic carbocycles. The normalized spacial score (nSPS) is 11.8. The molecule has 0 atom stereocenters. The van der Waals surface area contributed by atoms with Crippen molar-refractivity contribution in [2.75, 3.05) is 9.80 Å². The van der Waals surface area contributed by atoms with Gasteiger partial charge in [0.25, 0.3) is 0 Å². The summed E-state index contributed by atoms with van der Waals surface area (Å²) in [6.07, 6.45) is 0. The van der Waals surface area contributed by atoms with Gasteiger partial charge in [0.15, 0.2) is 0 Å². The zero-order chi connectivity index (χ0) is 69.8. The number of para-hydroxylation sites is 6. The van der Waals surface area contributed by atoms with Gasteiger partial charge in [-0.05, 0) is 182 Å². The van der Waals surface area contributed by atoms with Crippen LogP contribution < -0.4 is 9.80 Å². The zero-order valence-corrected chi connectivity index (χ0v) is 57.4. The van der Waals surface area contributed by atoms with Crippen molar-refractivity contribution in [2.45, 2.75) is 0 Å². The van der Waals surface area contributed by atoms with E-state index in [9.17, 15) is 0 Å². The summed E-state index contributed by atoms with van der Waals surface area (Å²) in [5.41, 5.74) is 27.9. The highest BCUT2D eigenvalue weighted by molar-refractivity contribution is 6.20. The largest absolute Gasteiger partial charge is 0.456 e. The van der Waals surface area contributed by atoms with Crippen molar-refractivity contribution < 1.29 is 13.3 Å². The second kappa shape index (κ2) is 24.8. The molecule has 21 aromatic rings. The van der Waals surface area contributed by atoms with E-state index in [0.29, 0.717) is 0 Å². The van der Waals surface area contributed by atoms with Crippen molar-refractivity contribution in [2.24, 2.45) is 0 Å². The number of hydrogen-bond donors (Lipinski definition) is 0. The Morgan fingerprint density at radius 2 is 0.594 bits per heavy atom. The minimum atomic E-state index is 0.795. The summed E-state index contributed by atoms with van der Waals surface area (Å²) in [4.78, 5) is 4.76. The number of benzene rings is 17. The van der Waals surface area contributed by atoms with E-state index < -0.39 is 0 Å². The van der Waals surface area contributed by atoms with Gasteiger partial charge in [-0.15, -0.1) is 0 Å². The summed E-state index contributed by atoms with van der Waals surface area (Å²) in [6, 6.07) is 138. The average Bonchev–Trinajstić information content (AvgIpc) is 1.49. The highest BCUT2D eigenvalue weighted by Crippen LogP contribution is 2.50. The van der Waals surface area contributed by atoms with Crippen LogP contribution in [0.1, 0.15) is 0 Å². The SMILES string of the molecule is c1ccc(-c2ccc(N(c3ccc(-c4cccc5c4oc4ccccc45)cc3)c3ccc(-n4c5ccccc5c5c(-c6cc(N(c7ccc(-c8ccc(-c9cccc%10ccccc9%10)cc8)cc7)c7ccc(-c8cccc9c8oc8ccccc89)cc7)c7c(c6)oc6ccccc67)cccc54)cc3)cc2)cc1. The van der Waals surface area contributed by atoms with Gasteiger partial charge in [-0.3, -0.25) is 0 Å². The van der Waals surface area contributed by atoms with E-state index in [1.54, 1.807) is 0 Å². The molecule has 0 bridgehead atoms. The molecule has 0 spiro atoms. The number of hydrogen-bond acceptors (Lipinski definition) is 5. The smallest absolute Gasteiger partial charge is 0.143 e. The fraction of sp³-hybridized carbons (Fsp3) is 0. The van der Waals surface area contributed by atoms with E-state index in [1.165, 1.54) is 27.5 Å². The average molecular weight is 1350 g/mol. The Kier molecular flexibility index (Phi) is 14.2. The third-order valence-corrected chi connectivity index (χ3v) is 21.4. The molecule has 4 heterocycles. The van der Waals surface area contributed by atoms with Crippen molar-refractivity contribution in [1.29, 1.82) is 0 Å². The molecule has 0 aliphatic heterocycles. The first-order chi connectivity index (χ1) is 52.5. The molecule has 6 heteroatoms. The third-order valence-electron chi connectivity index (χ3n) is 21.4. The maximum atomic E-state index is 7.06. The summed E-state index contributed by atoms with van der Waals surface area (Å²) >= 11 is 0. The van der Waals surface area contributed by atoms with Gasteiger partial charge in [-0.1, -0.05) is 267 Å². The maximum absolute atomic E-state index is 7.06. The highest BCUT2D eigenvalue weighted by atomic mass is 16.3. The molecule has 0 fully saturated rings. The van der Waals surface area contributed by atoms with Gasteiger partial charge in [0.1, 0.15) is 33.5 Å². The second-order valence-electron chi connectivity index (χ2n) is 27.4. The van der Waals surface area contributed by atoms with Crippen LogP contribution in [-0.2, 0) is 0 Å². The van der Waals surface area contributed by atoms with Crippen molar-refractivity contribution in [3.63, 3.8) is 0 Å². The molecule has 0 aliphatic carbocycles. The number of nitrogens with zero attached hydrogens (tertiary/aromatic N) is 3. The fourth-order valence-electron chi connectivity index (χ4n) is 16.4. The van der Waals surface area contributed by atoms with Gasteiger partial charge in [0, 0.05) is 83.0 Å². The number of rotatable bonds is 13. The highest BCUT2D eigenvalue weighted by Gasteiger charge is 2.26. The topological polar surface area (TPSA) is 50.8 Å². The van der Waals surface area contributed by atoms with Crippen LogP contribution >= 0.6 is 0 Å². The number of fused-ring (bicyclic) bond motifs is 13. The first-order valence-electron chi connectivity index (χ1n) is 36.1. The van der Waals surface area contributed by atoms with Gasteiger partial charge in [0.05, 0.1) is 22.1 Å². The Hall–Kier alpha value is -14.2. The molecule has 21 rings (SSSR count). The van der Waals surface area contributed by atoms with Crippen LogP contribution in [0.25, 0.3) is 171 Å². The quantitative estimate of drug-likeness (QED) is 0.115. The lowest BCUT2D eigenvalue weighted by Crippen LogP contribution is -2.10. The molecular weight excluding hydrogens is 1290 g/mol. The standard InChI is InChI=1S/C100H63N3O3/c1-2-18-64(19-3-1)66-42-50-73(51-43-66)101(74-54-46-70(47-55-74)82-29-15-31-86-84-23-7-11-35-93(84)105-99(82)86)75-58-60-78(61-59-75)103-90-33-10-6-25-88(90)97-81(28-17-34-91(97)103)72-62-92(98-89-26-9-13-37-95(89)104-96(98)63-72)102(77-56-48-71(49-57-77)83-30-16-32-87-85-24-8-12-36-94(85)106-100(83)87)76-52-44-67(45-53-76)65-38-40-69(41-39-65)80-27-14-21-68-20-4-5-22-79(68)80/h1-63H. The lowest BCUT2D eigenvalue weighted by atomic mass is 9.95. The molecule has 496 valence electrons. The zero-order valence-electron chi connectivity index (χ0n) is 57.4. The molecule has 0 saturated carbocycles. The van der Waals surface area contributed by atoms with E-state index >= 15 is 0 Å². The minimum Gasteiger partial charge on any atom is -0.456 e. The first-order valence-corrected chi connectivity index (χ1v) is 36.1. The van der Waals surface area contributed by atoms with Crippen LogP contribution in [0.5, 0.6) is 0 Å². The van der Waals surface area contributed by atoms with Crippen molar-refractivity contribution >= 4 is 133 Å². The van der Waals surface area contributed by atoms with Crippen molar-refractivity contribution in [3.05, 3.63) is 382 Å². The molecule has 6 nitrogen and oxygen atoms in total. The van der Waals surface area contributed by atoms with E-state index in [4.69, 9.17) is 13.3 Å². The molecular formula is C100H63N3O3. The molecule has 0 aliphatic rings. The van der Waals surface area contributed by atoms with Crippen molar-refractivity contribution in [1.82, 2.24) is 4.57 Å². The first kappa shape index (κ1) is 60.6. The van der Waals surface area contributed by atoms with Crippen LogP contribution in [0.3, 0.4) is 0 Å². The summed E-state index contributed by atoms with van der Waals surface area (Å²) in [6.45, 7) is 0. The maximum Gasteiger partial charge on any atom is 0.143 e. The monoisotopic (exact) mass is 1350 g/mol. The molecule has 4 aromatic heterocycles. The lowest BCUT2D eigenvalue weighted by molar-refractivity contribution is 0.669. The third kappa shape index (κ3) is 10.1. The number of anilines is 6. The summed E-state index contributed by atoms with van der Waals surface area (Å²) in [7, 11) is 0. The Bertz CT molecular complexity index is 6960. The molecule has 0 radical (unpaired) electrons. The van der Waals surface area contributed by atoms with Crippen LogP contribution in [0.15, 0.2) is 395 Å². The molecule has 0 N–H and O–H groups in total. The van der Waals surface area contributed by atoms with E-state index in [1.807, 2.05) is 24.3 Å². The van der Waals surface area contributed by atoms with Crippen LogP contribution in [-0.4, -0.2) is 4.57 Å². The van der Waals surface area contributed by atoms with Crippen LogP contribution in [0.2, 0.25) is 0 Å². The lowest BCUT2D eigenvalue weighted by Gasteiger charge is -2.27. The predicted octanol–water partition coefficient (Wildman–Crippen LogP) is 28.6. The Balaban J connectivity index is 0.690. The van der Waals surface area contributed by atoms with E-state index in [2.05, 4.69) is 372 Å². The number of furan rings is 3. The van der Waals surface area contributed by atoms with E-state index in [-0.39, 0.29) is 0 Å². The summed E-state index contributed by atoms with van der Waals surface area (Å²) in [5, 5.41) is 11.3. The predicted molar refractivity (Wildman–Crippen MR) is 442 cm³/mol.